The molecule has 2 aromatic rings. The Balaban J connectivity index is 1.83. The Morgan fingerprint density at radius 1 is 0.950 bits per heavy atom. The van der Waals surface area contributed by atoms with Crippen molar-refractivity contribution in [2.24, 2.45) is 16.7 Å². The smallest absolute Gasteiger partial charge is 0.417 e. The lowest BCUT2D eigenvalue weighted by Gasteiger charge is -2.46. The van der Waals surface area contributed by atoms with E-state index in [0.717, 1.165) is 11.3 Å². The van der Waals surface area contributed by atoms with Gasteiger partial charge >= 0.3 is 6.09 Å². The molecule has 2 aliphatic rings. The van der Waals surface area contributed by atoms with E-state index in [4.69, 9.17) is 16.3 Å². The van der Waals surface area contributed by atoms with Crippen molar-refractivity contribution in [1.82, 2.24) is 24.4 Å². The van der Waals surface area contributed by atoms with E-state index in [1.807, 2.05) is 0 Å². The molecule has 2 fully saturated rings. The van der Waals surface area contributed by atoms with Gasteiger partial charge in [-0.3, -0.25) is 14.4 Å². The summed E-state index contributed by atoms with van der Waals surface area (Å²) >= 11 is 6.56. The largest absolute Gasteiger partial charge is 0.443 e. The van der Waals surface area contributed by atoms with Crippen LogP contribution in [0.25, 0.3) is 11.2 Å². The first kappa shape index (κ1) is 29.9. The van der Waals surface area contributed by atoms with Crippen molar-refractivity contribution in [3.8, 4) is 0 Å². The van der Waals surface area contributed by atoms with Crippen LogP contribution in [-0.2, 0) is 19.1 Å². The summed E-state index contributed by atoms with van der Waals surface area (Å²) in [6.07, 6.45) is 3.26. The van der Waals surface area contributed by atoms with Crippen molar-refractivity contribution < 1.29 is 23.9 Å². The average Bonchev–Trinajstić information content (AvgIpc) is 3.21. The molecule has 0 spiro atoms. The minimum atomic E-state index is -0.902. The van der Waals surface area contributed by atoms with Gasteiger partial charge in [0, 0.05) is 17.3 Å². The Morgan fingerprint density at radius 3 is 2.10 bits per heavy atom. The van der Waals surface area contributed by atoms with E-state index < -0.39 is 40.4 Å². The average molecular weight is 575 g/mol. The number of aromatic nitrogens is 4. The number of nitrogens with zero attached hydrogens (tertiary/aromatic N) is 6. The zero-order chi connectivity index (χ0) is 29.9. The number of hydrogen-bond acceptors (Lipinski definition) is 8. The van der Waals surface area contributed by atoms with E-state index >= 15 is 0 Å². The summed E-state index contributed by atoms with van der Waals surface area (Å²) in [5.74, 6) is -1.18. The number of imidazole rings is 1. The van der Waals surface area contributed by atoms with Crippen LogP contribution in [0.5, 0.6) is 0 Å². The standard InChI is InChI=1S/C28H39ClN6O5/c1-26(2,3)22(37)35(23(38)27(4,5)6)24-31-20(29)19-21(32-24)33(14-30-19)16-11-10-15-12-17(16)34(18(36)13-15)25(39)40-28(7,8)9/h14-17H,10-13H2,1-9H3/t15-,16-,17-/m1/s1. The maximum atomic E-state index is 13.5. The first-order valence-corrected chi connectivity index (χ1v) is 14.0. The summed E-state index contributed by atoms with van der Waals surface area (Å²) in [5.41, 5.74) is -1.96. The van der Waals surface area contributed by atoms with Crippen molar-refractivity contribution in [3.05, 3.63) is 11.5 Å². The number of rotatable bonds is 2. The number of imide groups is 2. The molecule has 0 aromatic carbocycles. The Hall–Kier alpha value is -3.08. The first-order chi connectivity index (χ1) is 18.3. The monoisotopic (exact) mass is 574 g/mol. The molecule has 11 nitrogen and oxygen atoms in total. The van der Waals surface area contributed by atoms with E-state index in [1.54, 1.807) is 73.2 Å². The molecule has 1 saturated carbocycles. The molecule has 1 aliphatic carbocycles. The molecule has 2 bridgehead atoms. The third-order valence-corrected chi connectivity index (χ3v) is 7.42. The molecule has 4 rings (SSSR count). The molecular formula is C28H39ClN6O5. The van der Waals surface area contributed by atoms with Crippen LogP contribution in [0, 0.1) is 16.7 Å². The Labute approximate surface area is 239 Å². The lowest BCUT2D eigenvalue weighted by molar-refractivity contribution is -0.141. The number of likely N-dealkylation sites (tertiary alicyclic amines) is 1. The molecule has 4 amide bonds. The van der Waals surface area contributed by atoms with E-state index in [-0.39, 0.29) is 29.0 Å². The minimum absolute atomic E-state index is 0.00965. The predicted molar refractivity (Wildman–Crippen MR) is 150 cm³/mol. The molecule has 2 aromatic heterocycles. The highest BCUT2D eigenvalue weighted by Gasteiger charge is 2.47. The third kappa shape index (κ3) is 5.70. The maximum absolute atomic E-state index is 13.5. The molecule has 40 heavy (non-hydrogen) atoms. The number of fused-ring (bicyclic) bond motifs is 3. The number of carbonyl (C=O) groups is 4. The summed E-state index contributed by atoms with van der Waals surface area (Å²) < 4.78 is 7.37. The van der Waals surface area contributed by atoms with Gasteiger partial charge in [0.15, 0.2) is 10.8 Å². The SMILES string of the molecule is CC(C)(C)OC(=O)N1C(=O)C[C@@H]2CC[C@@H](n3cnc4c(Cl)nc(N(C(=O)C(C)(C)C)C(=O)C(C)(C)C)nc43)[C@H]1C2. The van der Waals surface area contributed by atoms with Gasteiger partial charge in [0.05, 0.1) is 18.4 Å². The van der Waals surface area contributed by atoms with E-state index in [2.05, 4.69) is 15.0 Å². The number of halogens is 1. The van der Waals surface area contributed by atoms with Crippen LogP contribution in [-0.4, -0.2) is 59.9 Å². The number of hydrogen-bond donors (Lipinski definition) is 0. The topological polar surface area (TPSA) is 128 Å². The van der Waals surface area contributed by atoms with Gasteiger partial charge in [-0.1, -0.05) is 53.1 Å². The van der Waals surface area contributed by atoms with E-state index in [1.165, 1.54) is 4.90 Å². The third-order valence-electron chi connectivity index (χ3n) is 7.16. The second-order valence-corrected chi connectivity index (χ2v) is 14.2. The molecule has 1 saturated heterocycles. The lowest BCUT2D eigenvalue weighted by Crippen LogP contribution is -2.56. The second-order valence-electron chi connectivity index (χ2n) is 13.8. The van der Waals surface area contributed by atoms with Gasteiger partial charge in [-0.05, 0) is 46.0 Å². The van der Waals surface area contributed by atoms with Crippen molar-refractivity contribution in [3.63, 3.8) is 0 Å². The van der Waals surface area contributed by atoms with Crippen LogP contribution in [0.1, 0.15) is 94.0 Å². The van der Waals surface area contributed by atoms with Gasteiger partial charge in [0.2, 0.25) is 23.7 Å². The van der Waals surface area contributed by atoms with Gasteiger partial charge < -0.3 is 9.30 Å². The molecule has 0 N–H and O–H groups in total. The fraction of sp³-hybridized carbons (Fsp3) is 0.679. The van der Waals surface area contributed by atoms with Crippen LogP contribution >= 0.6 is 11.6 Å². The Kier molecular flexibility index (Phi) is 7.53. The minimum Gasteiger partial charge on any atom is -0.443 e. The van der Waals surface area contributed by atoms with E-state index in [0.29, 0.717) is 30.4 Å². The fourth-order valence-corrected chi connectivity index (χ4v) is 5.45. The van der Waals surface area contributed by atoms with Crippen LogP contribution in [0.2, 0.25) is 5.15 Å². The van der Waals surface area contributed by atoms with Gasteiger partial charge in [0.25, 0.3) is 0 Å². The summed E-state index contributed by atoms with van der Waals surface area (Å²) in [4.78, 5) is 68.9. The number of anilines is 1. The number of ether oxygens (including phenoxy) is 1. The van der Waals surface area contributed by atoms with Gasteiger partial charge in [-0.2, -0.15) is 9.97 Å². The highest BCUT2D eigenvalue weighted by molar-refractivity contribution is 6.33. The van der Waals surface area contributed by atoms with Crippen LogP contribution in [0.3, 0.4) is 0 Å². The number of carbonyl (C=O) groups excluding carboxylic acids is 4. The van der Waals surface area contributed by atoms with Gasteiger partial charge in [-0.15, -0.1) is 0 Å². The highest BCUT2D eigenvalue weighted by Crippen LogP contribution is 2.43. The van der Waals surface area contributed by atoms with Gasteiger partial charge in [-0.25, -0.2) is 19.6 Å². The molecule has 0 unspecified atom stereocenters. The zero-order valence-electron chi connectivity index (χ0n) is 24.7. The maximum Gasteiger partial charge on any atom is 0.417 e. The van der Waals surface area contributed by atoms with Gasteiger partial charge in [0.1, 0.15) is 11.1 Å². The summed E-state index contributed by atoms with van der Waals surface area (Å²) in [6.45, 7) is 15.6. The highest BCUT2D eigenvalue weighted by atomic mass is 35.5. The summed E-state index contributed by atoms with van der Waals surface area (Å²) in [6, 6.07) is -0.838. The fourth-order valence-electron chi connectivity index (χ4n) is 5.24. The zero-order valence-corrected chi connectivity index (χ0v) is 25.5. The Morgan fingerprint density at radius 2 is 1.55 bits per heavy atom. The molecule has 3 heterocycles. The van der Waals surface area contributed by atoms with Crippen molar-refractivity contribution in [2.75, 3.05) is 4.90 Å². The molecule has 0 radical (unpaired) electrons. The molecule has 218 valence electrons. The number of piperidine rings is 1. The number of amides is 4. The second kappa shape index (κ2) is 10.1. The van der Waals surface area contributed by atoms with Crippen LogP contribution in [0.15, 0.2) is 6.33 Å². The van der Waals surface area contributed by atoms with Crippen molar-refractivity contribution >= 4 is 52.5 Å². The molecule has 1 aliphatic heterocycles. The molecule has 3 atom stereocenters. The normalized spacial score (nSPS) is 21.9. The lowest BCUT2D eigenvalue weighted by atomic mass is 9.76. The van der Waals surface area contributed by atoms with Crippen LogP contribution in [0.4, 0.5) is 10.7 Å². The summed E-state index contributed by atoms with van der Waals surface area (Å²) in [7, 11) is 0. The van der Waals surface area contributed by atoms with Crippen molar-refractivity contribution in [1.29, 1.82) is 0 Å². The Bertz CT molecular complexity index is 1340. The quantitative estimate of drug-likeness (QED) is 0.441. The van der Waals surface area contributed by atoms with Crippen LogP contribution < -0.4 is 4.90 Å². The summed E-state index contributed by atoms with van der Waals surface area (Å²) in [5, 5.41) is -0.00965. The van der Waals surface area contributed by atoms with Crippen molar-refractivity contribution in [2.45, 2.75) is 106 Å². The van der Waals surface area contributed by atoms with E-state index in [9.17, 15) is 19.2 Å². The molecule has 12 heteroatoms. The molecular weight excluding hydrogens is 536 g/mol. The predicted octanol–water partition coefficient (Wildman–Crippen LogP) is 5.31. The first-order valence-electron chi connectivity index (χ1n) is 13.6.